The highest BCUT2D eigenvalue weighted by atomic mass is 32.2. The summed E-state index contributed by atoms with van der Waals surface area (Å²) in [4.78, 5) is 12.2. The number of carbonyl (C=O) groups excluding carboxylic acids is 1. The van der Waals surface area contributed by atoms with Crippen molar-refractivity contribution in [3.05, 3.63) is 83.4 Å². The molecule has 0 atom stereocenters. The summed E-state index contributed by atoms with van der Waals surface area (Å²) in [5, 5.41) is 2.78. The van der Waals surface area contributed by atoms with E-state index in [0.717, 1.165) is 22.4 Å². The van der Waals surface area contributed by atoms with Crippen molar-refractivity contribution < 1.29 is 17.9 Å². The van der Waals surface area contributed by atoms with Crippen LogP contribution in [0.25, 0.3) is 0 Å². The number of aryl methyl sites for hydroxylation is 3. The number of hydrogen-bond donors (Lipinski definition) is 2. The third-order valence-corrected chi connectivity index (χ3v) is 5.79. The topological polar surface area (TPSA) is 84.5 Å². The lowest BCUT2D eigenvalue weighted by Crippen LogP contribution is -2.20. The molecule has 0 aliphatic heterocycles. The van der Waals surface area contributed by atoms with Crippen molar-refractivity contribution in [2.45, 2.75) is 25.7 Å². The van der Waals surface area contributed by atoms with E-state index in [1.807, 2.05) is 51.1 Å². The number of amides is 1. The summed E-state index contributed by atoms with van der Waals surface area (Å²) in [7, 11) is -3.73. The molecule has 6 nitrogen and oxygen atoms in total. The van der Waals surface area contributed by atoms with Crippen molar-refractivity contribution in [1.82, 2.24) is 0 Å². The van der Waals surface area contributed by atoms with Crippen molar-refractivity contribution in [1.29, 1.82) is 0 Å². The third-order valence-electron chi connectivity index (χ3n) is 4.40. The van der Waals surface area contributed by atoms with Crippen molar-refractivity contribution >= 4 is 27.3 Å². The van der Waals surface area contributed by atoms with Gasteiger partial charge in [-0.25, -0.2) is 8.42 Å². The predicted octanol–water partition coefficient (Wildman–Crippen LogP) is 4.43. The molecule has 3 aromatic carbocycles. The second-order valence-electron chi connectivity index (χ2n) is 7.11. The van der Waals surface area contributed by atoms with Gasteiger partial charge in [0, 0.05) is 11.4 Å². The number of carbonyl (C=O) groups is 1. The van der Waals surface area contributed by atoms with Gasteiger partial charge >= 0.3 is 0 Å². The van der Waals surface area contributed by atoms with Gasteiger partial charge < -0.3 is 10.1 Å². The monoisotopic (exact) mass is 424 g/mol. The molecular weight excluding hydrogens is 400 g/mol. The molecule has 0 bridgehead atoms. The van der Waals surface area contributed by atoms with Crippen LogP contribution in [-0.2, 0) is 14.8 Å². The molecular formula is C23H24N2O4S. The van der Waals surface area contributed by atoms with Crippen molar-refractivity contribution in [3.63, 3.8) is 0 Å². The average Bonchev–Trinajstić information content (AvgIpc) is 2.67. The van der Waals surface area contributed by atoms with Gasteiger partial charge in [0.1, 0.15) is 5.75 Å². The predicted molar refractivity (Wildman–Crippen MR) is 118 cm³/mol. The molecule has 1 amide bonds. The van der Waals surface area contributed by atoms with Crippen molar-refractivity contribution in [3.8, 4) is 5.75 Å². The van der Waals surface area contributed by atoms with Gasteiger partial charge in [0.05, 0.1) is 4.90 Å². The van der Waals surface area contributed by atoms with Crippen LogP contribution in [0.1, 0.15) is 16.7 Å². The smallest absolute Gasteiger partial charge is 0.262 e. The Labute approximate surface area is 177 Å². The Bertz CT molecular complexity index is 1140. The molecule has 0 heterocycles. The fourth-order valence-corrected chi connectivity index (χ4v) is 4.05. The zero-order chi connectivity index (χ0) is 21.7. The molecule has 0 saturated carbocycles. The lowest BCUT2D eigenvalue weighted by molar-refractivity contribution is -0.118. The van der Waals surface area contributed by atoms with Crippen LogP contribution in [0.3, 0.4) is 0 Å². The fourth-order valence-electron chi connectivity index (χ4n) is 3.01. The first-order valence-corrected chi connectivity index (χ1v) is 10.9. The minimum atomic E-state index is -3.73. The molecule has 3 aromatic rings. The van der Waals surface area contributed by atoms with Crippen LogP contribution in [-0.4, -0.2) is 20.9 Å². The first-order chi connectivity index (χ1) is 14.2. The lowest BCUT2D eigenvalue weighted by atomic mass is 10.1. The van der Waals surface area contributed by atoms with E-state index >= 15 is 0 Å². The van der Waals surface area contributed by atoms with Crippen LogP contribution < -0.4 is 14.8 Å². The van der Waals surface area contributed by atoms with Gasteiger partial charge in [0.25, 0.3) is 15.9 Å². The standard InChI is InChI=1S/C23H24N2O4S/c1-16-12-17(2)14-19(13-16)25-30(27,28)21-10-8-20(9-11-21)29-15-23(26)24-22-7-5-4-6-18(22)3/h4-14,25H,15H2,1-3H3,(H,24,26). The van der Waals surface area contributed by atoms with Crippen LogP contribution in [0.5, 0.6) is 5.75 Å². The maximum atomic E-state index is 12.6. The summed E-state index contributed by atoms with van der Waals surface area (Å²) in [5.41, 5.74) is 4.14. The maximum absolute atomic E-state index is 12.6. The molecule has 0 unspecified atom stereocenters. The van der Waals surface area contributed by atoms with E-state index in [1.54, 1.807) is 12.1 Å². The highest BCUT2D eigenvalue weighted by Crippen LogP contribution is 2.21. The highest BCUT2D eigenvalue weighted by molar-refractivity contribution is 7.92. The number of hydrogen-bond acceptors (Lipinski definition) is 4. The van der Waals surface area contributed by atoms with E-state index in [-0.39, 0.29) is 17.4 Å². The molecule has 0 spiro atoms. The third kappa shape index (κ3) is 5.61. The molecule has 0 fully saturated rings. The second kappa shape index (κ2) is 9.00. The Hall–Kier alpha value is -3.32. The van der Waals surface area contributed by atoms with Gasteiger partial charge in [-0.15, -0.1) is 0 Å². The molecule has 0 aromatic heterocycles. The number of rotatable bonds is 7. The largest absolute Gasteiger partial charge is 0.484 e. The summed E-state index contributed by atoms with van der Waals surface area (Å²) in [6.45, 7) is 5.54. The average molecular weight is 425 g/mol. The second-order valence-corrected chi connectivity index (χ2v) is 8.79. The molecule has 3 rings (SSSR count). The van der Waals surface area contributed by atoms with Crippen molar-refractivity contribution in [2.24, 2.45) is 0 Å². The Morgan fingerprint density at radius 3 is 2.17 bits per heavy atom. The number of ether oxygens (including phenoxy) is 1. The van der Waals surface area contributed by atoms with Crippen LogP contribution in [0.2, 0.25) is 0 Å². The summed E-state index contributed by atoms with van der Waals surface area (Å²) in [5.74, 6) is 0.109. The minimum Gasteiger partial charge on any atom is -0.484 e. The highest BCUT2D eigenvalue weighted by Gasteiger charge is 2.15. The van der Waals surface area contributed by atoms with Gasteiger partial charge in [-0.2, -0.15) is 0 Å². The molecule has 156 valence electrons. The molecule has 0 radical (unpaired) electrons. The lowest BCUT2D eigenvalue weighted by Gasteiger charge is -2.11. The van der Waals surface area contributed by atoms with Gasteiger partial charge in [0.15, 0.2) is 6.61 Å². The van der Waals surface area contributed by atoms with Crippen LogP contribution in [0.15, 0.2) is 71.6 Å². The van der Waals surface area contributed by atoms with E-state index in [2.05, 4.69) is 10.0 Å². The number of anilines is 2. The summed E-state index contributed by atoms with van der Waals surface area (Å²) < 4.78 is 33.3. The molecule has 7 heteroatoms. The number of benzene rings is 3. The number of sulfonamides is 1. The normalized spacial score (nSPS) is 11.0. The van der Waals surface area contributed by atoms with Crippen LogP contribution >= 0.6 is 0 Å². The van der Waals surface area contributed by atoms with Gasteiger partial charge in [-0.05, 0) is 79.9 Å². The molecule has 2 N–H and O–H groups in total. The maximum Gasteiger partial charge on any atom is 0.262 e. The van der Waals surface area contributed by atoms with Gasteiger partial charge in [-0.3, -0.25) is 9.52 Å². The summed E-state index contributed by atoms with van der Waals surface area (Å²) in [6, 6.07) is 18.9. The van der Waals surface area contributed by atoms with E-state index in [0.29, 0.717) is 11.4 Å². The van der Waals surface area contributed by atoms with Gasteiger partial charge in [0.2, 0.25) is 0 Å². The van der Waals surface area contributed by atoms with E-state index in [4.69, 9.17) is 4.74 Å². The molecule has 30 heavy (non-hydrogen) atoms. The number of para-hydroxylation sites is 1. The van der Waals surface area contributed by atoms with Gasteiger partial charge in [-0.1, -0.05) is 24.3 Å². The summed E-state index contributed by atoms with van der Waals surface area (Å²) in [6.07, 6.45) is 0. The van der Waals surface area contributed by atoms with E-state index < -0.39 is 10.0 Å². The quantitative estimate of drug-likeness (QED) is 0.588. The zero-order valence-electron chi connectivity index (χ0n) is 17.1. The molecule has 0 aliphatic carbocycles. The Balaban J connectivity index is 1.61. The van der Waals surface area contributed by atoms with E-state index in [9.17, 15) is 13.2 Å². The molecule has 0 aliphatic rings. The fraction of sp³-hybridized carbons (Fsp3) is 0.174. The number of nitrogens with one attached hydrogen (secondary N) is 2. The van der Waals surface area contributed by atoms with Crippen molar-refractivity contribution in [2.75, 3.05) is 16.6 Å². The zero-order valence-corrected chi connectivity index (χ0v) is 17.9. The SMILES string of the molecule is Cc1cc(C)cc(NS(=O)(=O)c2ccc(OCC(=O)Nc3ccccc3C)cc2)c1. The first kappa shape index (κ1) is 21.4. The Kier molecular flexibility index (Phi) is 6.42. The Morgan fingerprint density at radius 1 is 0.900 bits per heavy atom. The first-order valence-electron chi connectivity index (χ1n) is 9.42. The Morgan fingerprint density at radius 2 is 1.53 bits per heavy atom. The van der Waals surface area contributed by atoms with Crippen LogP contribution in [0.4, 0.5) is 11.4 Å². The van der Waals surface area contributed by atoms with E-state index in [1.165, 1.54) is 24.3 Å². The van der Waals surface area contributed by atoms with Crippen LogP contribution in [0, 0.1) is 20.8 Å². The summed E-state index contributed by atoms with van der Waals surface area (Å²) >= 11 is 0. The molecule has 0 saturated heterocycles. The minimum absolute atomic E-state index is 0.110.